The molecule has 0 spiro atoms. The Morgan fingerprint density at radius 1 is 1.11 bits per heavy atom. The van der Waals surface area contributed by atoms with Crippen LogP contribution >= 0.6 is 0 Å². The minimum absolute atomic E-state index is 0.584. The van der Waals surface area contributed by atoms with E-state index in [1.807, 2.05) is 12.4 Å². The topological polar surface area (TPSA) is 42.2 Å². The number of hydrogen-bond acceptors (Lipinski definition) is 3. The van der Waals surface area contributed by atoms with Gasteiger partial charge in [0.15, 0.2) is 0 Å². The van der Waals surface area contributed by atoms with Gasteiger partial charge in [-0.2, -0.15) is 0 Å². The second-order valence-electron chi connectivity index (χ2n) is 4.24. The maximum Gasteiger partial charge on any atom is 0.0430 e. The average molecular weight is 241 g/mol. The highest BCUT2D eigenvalue weighted by molar-refractivity contribution is 5.49. The van der Waals surface area contributed by atoms with Crippen molar-refractivity contribution in [2.24, 2.45) is 5.73 Å². The first-order valence-electron chi connectivity index (χ1n) is 6.26. The molecule has 0 aliphatic heterocycles. The zero-order chi connectivity index (χ0) is 12.8. The highest BCUT2D eigenvalue weighted by Gasteiger charge is 2.05. The van der Waals surface area contributed by atoms with Crippen molar-refractivity contribution in [1.29, 1.82) is 0 Å². The molecule has 18 heavy (non-hydrogen) atoms. The zero-order valence-electron chi connectivity index (χ0n) is 10.7. The molecule has 3 heteroatoms. The number of anilines is 1. The Labute approximate surface area is 108 Å². The van der Waals surface area contributed by atoms with Crippen LogP contribution in [0.15, 0.2) is 48.8 Å². The summed E-state index contributed by atoms with van der Waals surface area (Å²) in [6, 6.07) is 12.5. The van der Waals surface area contributed by atoms with Crippen LogP contribution in [0.25, 0.3) is 0 Å². The molecule has 2 rings (SSSR count). The van der Waals surface area contributed by atoms with E-state index in [0.29, 0.717) is 6.54 Å². The number of pyridine rings is 1. The van der Waals surface area contributed by atoms with Gasteiger partial charge in [-0.05, 0) is 42.3 Å². The van der Waals surface area contributed by atoms with Crippen LogP contribution in [0.2, 0.25) is 0 Å². The van der Waals surface area contributed by atoms with Crippen LogP contribution in [0, 0.1) is 0 Å². The van der Waals surface area contributed by atoms with Crippen molar-refractivity contribution in [3.8, 4) is 0 Å². The van der Waals surface area contributed by atoms with Gasteiger partial charge >= 0.3 is 0 Å². The Morgan fingerprint density at radius 2 is 1.89 bits per heavy atom. The van der Waals surface area contributed by atoms with Crippen LogP contribution in [0.4, 0.5) is 5.69 Å². The summed E-state index contributed by atoms with van der Waals surface area (Å²) in [5.74, 6) is 0. The molecular formula is C15H19N3. The van der Waals surface area contributed by atoms with Crippen LogP contribution in [0.1, 0.15) is 18.1 Å². The fourth-order valence-electron chi connectivity index (χ4n) is 1.97. The maximum absolute atomic E-state index is 5.69. The van der Waals surface area contributed by atoms with Crippen molar-refractivity contribution < 1.29 is 0 Å². The molecule has 0 saturated heterocycles. The van der Waals surface area contributed by atoms with E-state index in [4.69, 9.17) is 5.73 Å². The Balaban J connectivity index is 2.17. The first-order valence-corrected chi connectivity index (χ1v) is 6.26. The Morgan fingerprint density at radius 3 is 2.56 bits per heavy atom. The van der Waals surface area contributed by atoms with E-state index in [9.17, 15) is 0 Å². The molecule has 0 unspecified atom stereocenters. The lowest BCUT2D eigenvalue weighted by molar-refractivity contribution is 0.828. The number of nitrogens with two attached hydrogens (primary N) is 1. The van der Waals surface area contributed by atoms with Gasteiger partial charge in [0.25, 0.3) is 0 Å². The van der Waals surface area contributed by atoms with E-state index in [1.54, 1.807) is 0 Å². The van der Waals surface area contributed by atoms with Crippen LogP contribution in [0.3, 0.4) is 0 Å². The molecule has 3 nitrogen and oxygen atoms in total. The Kier molecular flexibility index (Phi) is 4.31. The van der Waals surface area contributed by atoms with Gasteiger partial charge in [0.05, 0.1) is 0 Å². The van der Waals surface area contributed by atoms with Gasteiger partial charge in [-0.3, -0.25) is 4.98 Å². The second kappa shape index (κ2) is 6.17. The fraction of sp³-hybridized carbons (Fsp3) is 0.267. The highest BCUT2D eigenvalue weighted by Crippen LogP contribution is 2.18. The Hall–Kier alpha value is -1.87. The van der Waals surface area contributed by atoms with Crippen LogP contribution in [0.5, 0.6) is 0 Å². The van der Waals surface area contributed by atoms with Crippen LogP contribution < -0.4 is 10.6 Å². The number of nitrogens with zero attached hydrogens (tertiary/aromatic N) is 2. The summed E-state index contributed by atoms with van der Waals surface area (Å²) in [5.41, 5.74) is 9.34. The van der Waals surface area contributed by atoms with Crippen molar-refractivity contribution >= 4 is 5.69 Å². The third-order valence-electron chi connectivity index (χ3n) is 3.02. The van der Waals surface area contributed by atoms with Gasteiger partial charge in [-0.15, -0.1) is 0 Å². The maximum atomic E-state index is 5.69. The van der Waals surface area contributed by atoms with E-state index in [0.717, 1.165) is 13.1 Å². The molecule has 0 fully saturated rings. The molecule has 2 N–H and O–H groups in total. The van der Waals surface area contributed by atoms with Crippen molar-refractivity contribution in [3.05, 3.63) is 59.9 Å². The molecule has 0 saturated carbocycles. The lowest BCUT2D eigenvalue weighted by Gasteiger charge is -2.23. The molecule has 0 radical (unpaired) electrons. The third kappa shape index (κ3) is 3.08. The Bertz CT molecular complexity index is 482. The predicted molar refractivity (Wildman–Crippen MR) is 75.3 cm³/mol. The molecule has 94 valence electrons. The number of hydrogen-bond donors (Lipinski definition) is 1. The minimum atomic E-state index is 0.584. The monoisotopic (exact) mass is 241 g/mol. The second-order valence-corrected chi connectivity index (χ2v) is 4.24. The van der Waals surface area contributed by atoms with Gasteiger partial charge in [0.1, 0.15) is 0 Å². The summed E-state index contributed by atoms with van der Waals surface area (Å²) < 4.78 is 0. The summed E-state index contributed by atoms with van der Waals surface area (Å²) in [4.78, 5) is 6.37. The van der Waals surface area contributed by atoms with Crippen LogP contribution in [-0.2, 0) is 13.1 Å². The largest absolute Gasteiger partial charge is 0.367 e. The summed E-state index contributed by atoms with van der Waals surface area (Å²) >= 11 is 0. The normalized spacial score (nSPS) is 10.3. The summed E-state index contributed by atoms with van der Waals surface area (Å²) in [6.45, 7) is 4.61. The molecule has 1 aromatic carbocycles. The van der Waals surface area contributed by atoms with Gasteiger partial charge in [-0.25, -0.2) is 0 Å². The van der Waals surface area contributed by atoms with Crippen molar-refractivity contribution in [2.75, 3.05) is 11.4 Å². The standard InChI is InChI=1S/C15H19N3/c1-2-18(12-13-6-8-17-9-7-13)15-5-3-4-14(10-15)11-16/h3-10H,2,11-12,16H2,1H3. The summed E-state index contributed by atoms with van der Waals surface area (Å²) in [6.07, 6.45) is 3.67. The number of benzene rings is 1. The van der Waals surface area contributed by atoms with Crippen molar-refractivity contribution in [1.82, 2.24) is 4.98 Å². The summed E-state index contributed by atoms with van der Waals surface area (Å²) in [7, 11) is 0. The van der Waals surface area contributed by atoms with Gasteiger partial charge in [0.2, 0.25) is 0 Å². The van der Waals surface area contributed by atoms with Gasteiger partial charge in [0, 0.05) is 37.7 Å². The number of rotatable bonds is 5. The van der Waals surface area contributed by atoms with E-state index in [1.165, 1.54) is 16.8 Å². The smallest absolute Gasteiger partial charge is 0.0430 e. The average Bonchev–Trinajstić information content (AvgIpc) is 2.46. The molecule has 1 heterocycles. The molecule has 0 bridgehead atoms. The minimum Gasteiger partial charge on any atom is -0.367 e. The van der Waals surface area contributed by atoms with Crippen molar-refractivity contribution in [3.63, 3.8) is 0 Å². The van der Waals surface area contributed by atoms with Gasteiger partial charge in [-0.1, -0.05) is 12.1 Å². The van der Waals surface area contributed by atoms with Gasteiger partial charge < -0.3 is 10.6 Å². The van der Waals surface area contributed by atoms with E-state index in [2.05, 4.69) is 53.2 Å². The molecule has 2 aromatic rings. The molecule has 0 aliphatic carbocycles. The molecule has 0 amide bonds. The van der Waals surface area contributed by atoms with E-state index in [-0.39, 0.29) is 0 Å². The van der Waals surface area contributed by atoms with Crippen molar-refractivity contribution in [2.45, 2.75) is 20.0 Å². The molecular weight excluding hydrogens is 222 g/mol. The van der Waals surface area contributed by atoms with E-state index < -0.39 is 0 Å². The fourth-order valence-corrected chi connectivity index (χ4v) is 1.97. The molecule has 0 atom stereocenters. The third-order valence-corrected chi connectivity index (χ3v) is 3.02. The first-order chi connectivity index (χ1) is 8.83. The molecule has 0 aliphatic rings. The quantitative estimate of drug-likeness (QED) is 0.874. The first kappa shape index (κ1) is 12.6. The number of aromatic nitrogens is 1. The lowest BCUT2D eigenvalue weighted by Crippen LogP contribution is -2.22. The summed E-state index contributed by atoms with van der Waals surface area (Å²) in [5, 5.41) is 0. The zero-order valence-corrected chi connectivity index (χ0v) is 10.7. The predicted octanol–water partition coefficient (Wildman–Crippen LogP) is 2.57. The highest BCUT2D eigenvalue weighted by atomic mass is 15.1. The SMILES string of the molecule is CCN(Cc1ccncc1)c1cccc(CN)c1. The molecule has 1 aromatic heterocycles. The van der Waals surface area contributed by atoms with E-state index >= 15 is 0 Å². The van der Waals surface area contributed by atoms with Crippen LogP contribution in [-0.4, -0.2) is 11.5 Å². The lowest BCUT2D eigenvalue weighted by atomic mass is 10.1.